The van der Waals surface area contributed by atoms with Gasteiger partial charge in [-0.25, -0.2) is 14.6 Å². The van der Waals surface area contributed by atoms with Gasteiger partial charge in [0.1, 0.15) is 11.4 Å². The molecule has 0 fully saturated rings. The van der Waals surface area contributed by atoms with E-state index in [1.165, 1.54) is 19.2 Å². The molecule has 5 nitrogen and oxygen atoms in total. The first-order valence-electron chi connectivity index (χ1n) is 4.91. The molecule has 16 heavy (non-hydrogen) atoms. The minimum Gasteiger partial charge on any atom is -0.464 e. The van der Waals surface area contributed by atoms with Crippen LogP contribution in [0.1, 0.15) is 34.3 Å². The molecule has 0 unspecified atom stereocenters. The number of carbonyl (C=O) groups is 2. The molecule has 1 rings (SSSR count). The molecule has 1 aromatic rings. The number of nitrogens with zero attached hydrogens (tertiary/aromatic N) is 1. The van der Waals surface area contributed by atoms with Gasteiger partial charge in [0.05, 0.1) is 13.7 Å². The lowest BCUT2D eigenvalue weighted by Crippen LogP contribution is -2.11. The molecule has 1 heterocycles. The lowest BCUT2D eigenvalue weighted by molar-refractivity contribution is 0.0497. The quantitative estimate of drug-likeness (QED) is 0.722. The Balaban J connectivity index is 2.81. The topological polar surface area (TPSA) is 65.5 Å². The van der Waals surface area contributed by atoms with Crippen LogP contribution in [-0.2, 0) is 9.47 Å². The highest BCUT2D eigenvalue weighted by atomic mass is 16.5. The summed E-state index contributed by atoms with van der Waals surface area (Å²) in [4.78, 5) is 26.4. The predicted octanol–water partition coefficient (Wildman–Crippen LogP) is 1.44. The second-order valence-electron chi connectivity index (χ2n) is 3.04. The number of ether oxygens (including phenoxy) is 2. The van der Waals surface area contributed by atoms with E-state index in [0.717, 1.165) is 6.42 Å². The fourth-order valence-electron chi connectivity index (χ4n) is 1.04. The van der Waals surface area contributed by atoms with Crippen molar-refractivity contribution in [2.75, 3.05) is 13.7 Å². The van der Waals surface area contributed by atoms with Crippen LogP contribution in [0.5, 0.6) is 0 Å². The smallest absolute Gasteiger partial charge is 0.356 e. The molecule has 0 aliphatic heterocycles. The molecule has 0 saturated heterocycles. The van der Waals surface area contributed by atoms with Crippen LogP contribution in [0.25, 0.3) is 0 Å². The second kappa shape index (κ2) is 5.85. The third kappa shape index (κ3) is 3.05. The summed E-state index contributed by atoms with van der Waals surface area (Å²) in [5.74, 6) is -1.11. The van der Waals surface area contributed by atoms with Gasteiger partial charge < -0.3 is 9.47 Å². The van der Waals surface area contributed by atoms with Crippen LogP contribution in [0.2, 0.25) is 0 Å². The van der Waals surface area contributed by atoms with Crippen molar-refractivity contribution in [1.29, 1.82) is 0 Å². The minimum atomic E-state index is -0.579. The van der Waals surface area contributed by atoms with Crippen molar-refractivity contribution >= 4 is 11.9 Å². The molecule has 0 atom stereocenters. The summed E-state index contributed by atoms with van der Waals surface area (Å²) in [6.45, 7) is 2.23. The zero-order valence-corrected chi connectivity index (χ0v) is 9.23. The van der Waals surface area contributed by atoms with E-state index in [0.29, 0.717) is 6.61 Å². The maximum absolute atomic E-state index is 11.4. The van der Waals surface area contributed by atoms with Gasteiger partial charge in [0, 0.05) is 0 Å². The van der Waals surface area contributed by atoms with Crippen molar-refractivity contribution in [2.24, 2.45) is 0 Å². The van der Waals surface area contributed by atoms with Gasteiger partial charge in [-0.2, -0.15) is 0 Å². The van der Waals surface area contributed by atoms with Gasteiger partial charge in [0.2, 0.25) is 0 Å². The molecule has 86 valence electrons. The Bertz CT molecular complexity index is 389. The largest absolute Gasteiger partial charge is 0.464 e. The maximum Gasteiger partial charge on any atom is 0.356 e. The second-order valence-corrected chi connectivity index (χ2v) is 3.04. The van der Waals surface area contributed by atoms with Crippen LogP contribution in [0, 0.1) is 0 Å². The first-order valence-corrected chi connectivity index (χ1v) is 4.91. The van der Waals surface area contributed by atoms with Crippen LogP contribution in [0.15, 0.2) is 18.2 Å². The van der Waals surface area contributed by atoms with Crippen LogP contribution >= 0.6 is 0 Å². The molecule has 0 radical (unpaired) electrons. The molecule has 0 bridgehead atoms. The van der Waals surface area contributed by atoms with E-state index in [2.05, 4.69) is 9.72 Å². The molecule has 0 aromatic carbocycles. The van der Waals surface area contributed by atoms with Crippen molar-refractivity contribution in [3.8, 4) is 0 Å². The summed E-state index contributed by atoms with van der Waals surface area (Å²) in [5.41, 5.74) is 0.199. The van der Waals surface area contributed by atoms with E-state index in [9.17, 15) is 9.59 Å². The number of carbonyl (C=O) groups excluding carboxylic acids is 2. The average molecular weight is 223 g/mol. The number of pyridine rings is 1. The normalized spacial score (nSPS) is 9.62. The van der Waals surface area contributed by atoms with Crippen LogP contribution < -0.4 is 0 Å². The highest BCUT2D eigenvalue weighted by Gasteiger charge is 2.12. The molecule has 0 amide bonds. The average Bonchev–Trinajstić information content (AvgIpc) is 2.35. The molecule has 1 aromatic heterocycles. The number of rotatable bonds is 4. The number of methoxy groups -OCH3 is 1. The Morgan fingerprint density at radius 2 is 1.88 bits per heavy atom. The number of hydrogen-bond donors (Lipinski definition) is 0. The predicted molar refractivity (Wildman–Crippen MR) is 56.2 cm³/mol. The van der Waals surface area contributed by atoms with Crippen molar-refractivity contribution in [3.63, 3.8) is 0 Å². The molecule has 5 heteroatoms. The Hall–Kier alpha value is -1.91. The monoisotopic (exact) mass is 223 g/mol. The molecule has 0 N–H and O–H groups in total. The third-order valence-corrected chi connectivity index (χ3v) is 1.79. The molecule has 0 aliphatic rings. The summed E-state index contributed by atoms with van der Waals surface area (Å²) in [7, 11) is 1.26. The van der Waals surface area contributed by atoms with Gasteiger partial charge in [-0.15, -0.1) is 0 Å². The Labute approximate surface area is 93.4 Å². The Kier molecular flexibility index (Phi) is 4.44. The third-order valence-electron chi connectivity index (χ3n) is 1.79. The summed E-state index contributed by atoms with van der Waals surface area (Å²) >= 11 is 0. The van der Waals surface area contributed by atoms with Gasteiger partial charge >= 0.3 is 11.9 Å². The zero-order valence-electron chi connectivity index (χ0n) is 9.23. The highest BCUT2D eigenvalue weighted by molar-refractivity contribution is 5.91. The summed E-state index contributed by atoms with van der Waals surface area (Å²) in [5, 5.41) is 0. The number of hydrogen-bond acceptors (Lipinski definition) is 5. The molecular weight excluding hydrogens is 210 g/mol. The standard InChI is InChI=1S/C11H13NO4/c1-3-7-16-11(14)9-6-4-5-8(12-9)10(13)15-2/h4-6H,3,7H2,1-2H3. The Morgan fingerprint density at radius 1 is 1.25 bits per heavy atom. The summed E-state index contributed by atoms with van der Waals surface area (Å²) in [6, 6.07) is 4.52. The fraction of sp³-hybridized carbons (Fsp3) is 0.364. The van der Waals surface area contributed by atoms with Crippen molar-refractivity contribution < 1.29 is 19.1 Å². The van der Waals surface area contributed by atoms with E-state index in [-0.39, 0.29) is 11.4 Å². The van der Waals surface area contributed by atoms with Crippen molar-refractivity contribution in [3.05, 3.63) is 29.6 Å². The molecule has 0 saturated carbocycles. The summed E-state index contributed by atoms with van der Waals surface area (Å²) in [6.07, 6.45) is 0.739. The number of esters is 2. The van der Waals surface area contributed by atoms with E-state index >= 15 is 0 Å². The Morgan fingerprint density at radius 3 is 2.44 bits per heavy atom. The van der Waals surface area contributed by atoms with Crippen molar-refractivity contribution in [1.82, 2.24) is 4.98 Å². The van der Waals surface area contributed by atoms with E-state index in [4.69, 9.17) is 4.74 Å². The molecular formula is C11H13NO4. The zero-order chi connectivity index (χ0) is 12.0. The van der Waals surface area contributed by atoms with E-state index in [1.807, 2.05) is 6.92 Å². The first-order chi connectivity index (χ1) is 7.69. The van der Waals surface area contributed by atoms with E-state index in [1.54, 1.807) is 6.07 Å². The van der Waals surface area contributed by atoms with Gasteiger partial charge in [0.15, 0.2) is 0 Å². The van der Waals surface area contributed by atoms with Crippen molar-refractivity contribution in [2.45, 2.75) is 13.3 Å². The highest BCUT2D eigenvalue weighted by Crippen LogP contribution is 2.03. The lowest BCUT2D eigenvalue weighted by Gasteiger charge is -2.03. The SMILES string of the molecule is CCCOC(=O)c1cccc(C(=O)OC)n1. The van der Waals surface area contributed by atoms with Gasteiger partial charge in [0.25, 0.3) is 0 Å². The van der Waals surface area contributed by atoms with Crippen LogP contribution in [0.4, 0.5) is 0 Å². The molecule has 0 aliphatic carbocycles. The van der Waals surface area contributed by atoms with E-state index < -0.39 is 11.9 Å². The number of aromatic nitrogens is 1. The van der Waals surface area contributed by atoms with Crippen LogP contribution in [0.3, 0.4) is 0 Å². The van der Waals surface area contributed by atoms with Gasteiger partial charge in [-0.1, -0.05) is 13.0 Å². The molecule has 0 spiro atoms. The maximum atomic E-state index is 11.4. The van der Waals surface area contributed by atoms with Crippen LogP contribution in [-0.4, -0.2) is 30.6 Å². The first kappa shape index (κ1) is 12.2. The van der Waals surface area contributed by atoms with Gasteiger partial charge in [-0.05, 0) is 18.6 Å². The minimum absolute atomic E-state index is 0.0912. The lowest BCUT2D eigenvalue weighted by atomic mass is 10.3. The van der Waals surface area contributed by atoms with Gasteiger partial charge in [-0.3, -0.25) is 0 Å². The fourth-order valence-corrected chi connectivity index (χ4v) is 1.04. The summed E-state index contributed by atoms with van der Waals surface area (Å²) < 4.78 is 9.39.